The number of hydrogen-bond donors (Lipinski definition) is 1. The minimum atomic E-state index is -0.0794. The van der Waals surface area contributed by atoms with Gasteiger partial charge >= 0.3 is 6.03 Å². The van der Waals surface area contributed by atoms with Gasteiger partial charge in [0.05, 0.1) is 20.3 Å². The highest BCUT2D eigenvalue weighted by Crippen LogP contribution is 2.13. The molecule has 1 fully saturated rings. The zero-order valence-electron chi connectivity index (χ0n) is 10.4. The molecular weight excluding hydrogens is 234 g/mol. The van der Waals surface area contributed by atoms with Gasteiger partial charge in [-0.25, -0.2) is 9.78 Å². The second kappa shape index (κ2) is 6.20. The molecule has 6 heteroatoms. The molecule has 6 nitrogen and oxygen atoms in total. The minimum absolute atomic E-state index is 0.0794. The van der Waals surface area contributed by atoms with Crippen LogP contribution in [-0.2, 0) is 11.3 Å². The van der Waals surface area contributed by atoms with E-state index in [1.165, 1.54) is 0 Å². The van der Waals surface area contributed by atoms with Gasteiger partial charge in [0.15, 0.2) is 0 Å². The first-order valence-corrected chi connectivity index (χ1v) is 5.89. The normalized spacial score (nSPS) is 15.3. The molecule has 98 valence electrons. The number of carbonyl (C=O) groups is 1. The Balaban J connectivity index is 1.88. The molecule has 1 aromatic heterocycles. The van der Waals surface area contributed by atoms with Gasteiger partial charge in [0, 0.05) is 31.4 Å². The Morgan fingerprint density at radius 3 is 3.06 bits per heavy atom. The van der Waals surface area contributed by atoms with Crippen molar-refractivity contribution in [1.29, 1.82) is 0 Å². The largest absolute Gasteiger partial charge is 0.481 e. The first kappa shape index (κ1) is 12.6. The molecule has 0 aliphatic carbocycles. The molecule has 1 aliphatic heterocycles. The Bertz CT molecular complexity index is 405. The van der Waals surface area contributed by atoms with Crippen LogP contribution in [0.1, 0.15) is 5.56 Å². The molecule has 0 atom stereocenters. The van der Waals surface area contributed by atoms with Gasteiger partial charge in [-0.2, -0.15) is 0 Å². The molecule has 18 heavy (non-hydrogen) atoms. The number of rotatable bonds is 3. The number of methoxy groups -OCH3 is 1. The molecule has 0 aromatic carbocycles. The van der Waals surface area contributed by atoms with E-state index in [1.54, 1.807) is 18.2 Å². The Hall–Kier alpha value is -1.82. The molecule has 1 N–H and O–H groups in total. The molecule has 2 rings (SSSR count). The molecule has 1 saturated heterocycles. The Morgan fingerprint density at radius 1 is 1.56 bits per heavy atom. The second-order valence-corrected chi connectivity index (χ2v) is 3.93. The Kier molecular flexibility index (Phi) is 4.35. The van der Waals surface area contributed by atoms with Crippen LogP contribution in [0.3, 0.4) is 0 Å². The van der Waals surface area contributed by atoms with E-state index in [-0.39, 0.29) is 6.03 Å². The molecule has 0 radical (unpaired) electrons. The van der Waals surface area contributed by atoms with Crippen molar-refractivity contribution in [3.8, 4) is 5.88 Å². The second-order valence-electron chi connectivity index (χ2n) is 3.93. The molecule has 1 aromatic rings. The number of ether oxygens (including phenoxy) is 2. The van der Waals surface area contributed by atoms with Crippen LogP contribution in [0.15, 0.2) is 18.3 Å². The maximum absolute atomic E-state index is 11.9. The molecular formula is C12H17N3O3. The van der Waals surface area contributed by atoms with E-state index in [0.717, 1.165) is 5.56 Å². The van der Waals surface area contributed by atoms with Crippen LogP contribution in [0, 0.1) is 0 Å². The number of carbonyl (C=O) groups excluding carboxylic acids is 1. The summed E-state index contributed by atoms with van der Waals surface area (Å²) in [5.74, 6) is 0.541. The van der Waals surface area contributed by atoms with Crippen molar-refractivity contribution in [2.75, 3.05) is 33.4 Å². The lowest BCUT2D eigenvalue weighted by atomic mass is 10.2. The summed E-state index contributed by atoms with van der Waals surface area (Å²) in [6.45, 7) is 2.88. The van der Waals surface area contributed by atoms with E-state index >= 15 is 0 Å². The smallest absolute Gasteiger partial charge is 0.317 e. The van der Waals surface area contributed by atoms with E-state index in [2.05, 4.69) is 10.3 Å². The van der Waals surface area contributed by atoms with Gasteiger partial charge in [-0.1, -0.05) is 6.07 Å². The number of pyridine rings is 1. The highest BCUT2D eigenvalue weighted by Gasteiger charge is 2.16. The number of morpholine rings is 1. The lowest BCUT2D eigenvalue weighted by molar-refractivity contribution is 0.0531. The van der Waals surface area contributed by atoms with Gasteiger partial charge in [0.25, 0.3) is 0 Å². The van der Waals surface area contributed by atoms with Crippen LogP contribution in [0.25, 0.3) is 0 Å². The molecule has 1 aliphatic rings. The van der Waals surface area contributed by atoms with E-state index in [9.17, 15) is 4.79 Å². The first-order chi connectivity index (χ1) is 8.81. The fourth-order valence-corrected chi connectivity index (χ4v) is 1.79. The zero-order valence-corrected chi connectivity index (χ0v) is 10.4. The SMILES string of the molecule is COc1ncccc1CNC(=O)N1CCOCC1. The minimum Gasteiger partial charge on any atom is -0.481 e. The van der Waals surface area contributed by atoms with Crippen molar-refractivity contribution >= 4 is 6.03 Å². The number of nitrogens with one attached hydrogen (secondary N) is 1. The third kappa shape index (κ3) is 3.10. The molecule has 2 heterocycles. The van der Waals surface area contributed by atoms with Crippen molar-refractivity contribution in [1.82, 2.24) is 15.2 Å². The van der Waals surface area contributed by atoms with Gasteiger partial charge in [-0.15, -0.1) is 0 Å². The van der Waals surface area contributed by atoms with E-state index in [1.807, 2.05) is 12.1 Å². The van der Waals surface area contributed by atoms with Crippen LogP contribution < -0.4 is 10.1 Å². The maximum atomic E-state index is 11.9. The maximum Gasteiger partial charge on any atom is 0.317 e. The van der Waals surface area contributed by atoms with Crippen LogP contribution in [0.4, 0.5) is 4.79 Å². The fraction of sp³-hybridized carbons (Fsp3) is 0.500. The monoisotopic (exact) mass is 251 g/mol. The summed E-state index contributed by atoms with van der Waals surface area (Å²) in [5.41, 5.74) is 0.863. The Morgan fingerprint density at radius 2 is 2.33 bits per heavy atom. The first-order valence-electron chi connectivity index (χ1n) is 5.89. The Labute approximate surface area is 106 Å². The summed E-state index contributed by atoms with van der Waals surface area (Å²) >= 11 is 0. The highest BCUT2D eigenvalue weighted by molar-refractivity contribution is 5.74. The van der Waals surface area contributed by atoms with Crippen molar-refractivity contribution in [2.24, 2.45) is 0 Å². The predicted octanol–water partition coefficient (Wildman–Crippen LogP) is 0.632. The molecule has 0 unspecified atom stereocenters. The average molecular weight is 251 g/mol. The standard InChI is InChI=1S/C12H17N3O3/c1-17-11-10(3-2-4-13-11)9-14-12(16)15-5-7-18-8-6-15/h2-4H,5-9H2,1H3,(H,14,16). The van der Waals surface area contributed by atoms with Crippen LogP contribution in [0.2, 0.25) is 0 Å². The van der Waals surface area contributed by atoms with E-state index < -0.39 is 0 Å². The van der Waals surface area contributed by atoms with Crippen molar-refractivity contribution in [3.63, 3.8) is 0 Å². The summed E-state index contributed by atoms with van der Waals surface area (Å²) in [5, 5.41) is 2.85. The summed E-state index contributed by atoms with van der Waals surface area (Å²) in [7, 11) is 1.57. The van der Waals surface area contributed by atoms with E-state index in [0.29, 0.717) is 38.7 Å². The lowest BCUT2D eigenvalue weighted by Gasteiger charge is -2.27. The van der Waals surface area contributed by atoms with Crippen molar-refractivity contribution < 1.29 is 14.3 Å². The molecule has 0 spiro atoms. The lowest BCUT2D eigenvalue weighted by Crippen LogP contribution is -2.45. The van der Waals surface area contributed by atoms with Gasteiger partial charge in [-0.3, -0.25) is 0 Å². The summed E-state index contributed by atoms with van der Waals surface area (Å²) in [6, 6.07) is 3.62. The summed E-state index contributed by atoms with van der Waals surface area (Å²) in [6.07, 6.45) is 1.66. The van der Waals surface area contributed by atoms with Crippen molar-refractivity contribution in [2.45, 2.75) is 6.54 Å². The van der Waals surface area contributed by atoms with Gasteiger partial charge in [0.1, 0.15) is 0 Å². The third-order valence-corrected chi connectivity index (χ3v) is 2.77. The third-order valence-electron chi connectivity index (χ3n) is 2.77. The number of urea groups is 1. The number of hydrogen-bond acceptors (Lipinski definition) is 4. The van der Waals surface area contributed by atoms with Crippen LogP contribution in [0.5, 0.6) is 5.88 Å². The number of aromatic nitrogens is 1. The number of amides is 2. The topological polar surface area (TPSA) is 63.7 Å². The molecule has 2 amide bonds. The van der Waals surface area contributed by atoms with Crippen molar-refractivity contribution in [3.05, 3.63) is 23.9 Å². The molecule has 0 saturated carbocycles. The fourth-order valence-electron chi connectivity index (χ4n) is 1.79. The summed E-state index contributed by atoms with van der Waals surface area (Å²) < 4.78 is 10.3. The van der Waals surface area contributed by atoms with Crippen LogP contribution >= 0.6 is 0 Å². The zero-order chi connectivity index (χ0) is 12.8. The van der Waals surface area contributed by atoms with Gasteiger partial charge in [-0.05, 0) is 6.07 Å². The average Bonchev–Trinajstić information content (AvgIpc) is 2.46. The number of nitrogens with zero attached hydrogens (tertiary/aromatic N) is 2. The predicted molar refractivity (Wildman–Crippen MR) is 65.4 cm³/mol. The van der Waals surface area contributed by atoms with Gasteiger partial charge < -0.3 is 19.7 Å². The van der Waals surface area contributed by atoms with Crippen LogP contribution in [-0.4, -0.2) is 49.3 Å². The quantitative estimate of drug-likeness (QED) is 0.856. The van der Waals surface area contributed by atoms with Gasteiger partial charge in [0.2, 0.25) is 5.88 Å². The highest BCUT2D eigenvalue weighted by atomic mass is 16.5. The summed E-state index contributed by atoms with van der Waals surface area (Å²) in [4.78, 5) is 17.7. The molecule has 0 bridgehead atoms. The van der Waals surface area contributed by atoms with E-state index in [4.69, 9.17) is 9.47 Å².